The van der Waals surface area contributed by atoms with E-state index in [0.29, 0.717) is 0 Å². The van der Waals surface area contributed by atoms with Crippen molar-refractivity contribution in [3.05, 3.63) is 48.3 Å². The Morgan fingerprint density at radius 1 is 1.11 bits per heavy atom. The van der Waals surface area contributed by atoms with Gasteiger partial charge < -0.3 is 9.47 Å². The minimum Gasteiger partial charge on any atom is -0.372 e. The number of aliphatic imine (C=N–C) groups is 1. The molecule has 3 nitrogen and oxygen atoms in total. The zero-order valence-corrected chi connectivity index (χ0v) is 11.9. The summed E-state index contributed by atoms with van der Waals surface area (Å²) < 4.78 is 2.02. The summed E-state index contributed by atoms with van der Waals surface area (Å²) >= 11 is 0. The maximum atomic E-state index is 4.49. The van der Waals surface area contributed by atoms with Crippen LogP contribution in [0.3, 0.4) is 0 Å². The highest BCUT2D eigenvalue weighted by atomic mass is 15.1. The fourth-order valence-electron chi connectivity index (χ4n) is 2.09. The molecule has 3 heteroatoms. The van der Waals surface area contributed by atoms with Crippen molar-refractivity contribution in [1.82, 2.24) is 4.57 Å². The van der Waals surface area contributed by atoms with Crippen molar-refractivity contribution in [3.63, 3.8) is 0 Å². The van der Waals surface area contributed by atoms with E-state index in [2.05, 4.69) is 48.0 Å². The van der Waals surface area contributed by atoms with Crippen LogP contribution < -0.4 is 4.90 Å². The van der Waals surface area contributed by atoms with Gasteiger partial charge in [0.2, 0.25) is 0 Å². The van der Waals surface area contributed by atoms with Gasteiger partial charge in [0, 0.05) is 50.0 Å². The highest BCUT2D eigenvalue weighted by Crippen LogP contribution is 2.19. The van der Waals surface area contributed by atoms with Gasteiger partial charge in [0.15, 0.2) is 0 Å². The second kappa shape index (κ2) is 6.23. The van der Waals surface area contributed by atoms with Gasteiger partial charge in [-0.15, -0.1) is 0 Å². The van der Waals surface area contributed by atoms with E-state index >= 15 is 0 Å². The number of aryl methyl sites for hydroxylation is 1. The first-order valence-electron chi connectivity index (χ1n) is 6.74. The Morgan fingerprint density at radius 3 is 2.32 bits per heavy atom. The Balaban J connectivity index is 2.08. The van der Waals surface area contributed by atoms with Gasteiger partial charge in [-0.25, -0.2) is 0 Å². The van der Waals surface area contributed by atoms with Gasteiger partial charge >= 0.3 is 0 Å². The number of nitrogens with zero attached hydrogens (tertiary/aromatic N) is 3. The second-order valence-electron chi connectivity index (χ2n) is 4.56. The molecule has 0 N–H and O–H groups in total. The fraction of sp³-hybridized carbons (Fsp3) is 0.312. The average molecular weight is 255 g/mol. The van der Waals surface area contributed by atoms with Gasteiger partial charge in [-0.2, -0.15) is 0 Å². The van der Waals surface area contributed by atoms with E-state index in [0.717, 1.165) is 24.3 Å². The highest BCUT2D eigenvalue weighted by molar-refractivity contribution is 5.81. The van der Waals surface area contributed by atoms with Gasteiger partial charge in [0.05, 0.1) is 5.69 Å². The number of anilines is 1. The van der Waals surface area contributed by atoms with Crippen molar-refractivity contribution < 1.29 is 0 Å². The van der Waals surface area contributed by atoms with Crippen LogP contribution >= 0.6 is 0 Å². The Labute approximate surface area is 115 Å². The van der Waals surface area contributed by atoms with Crippen molar-refractivity contribution in [2.75, 3.05) is 18.0 Å². The zero-order valence-electron chi connectivity index (χ0n) is 11.9. The minimum atomic E-state index is 0.986. The molecule has 1 heterocycles. The number of hydrogen-bond acceptors (Lipinski definition) is 2. The molecule has 2 rings (SSSR count). The molecule has 100 valence electrons. The van der Waals surface area contributed by atoms with E-state index in [1.165, 1.54) is 5.69 Å². The van der Waals surface area contributed by atoms with E-state index in [1.54, 1.807) is 0 Å². The topological polar surface area (TPSA) is 20.5 Å². The summed E-state index contributed by atoms with van der Waals surface area (Å²) in [5.74, 6) is 0. The van der Waals surface area contributed by atoms with Crippen molar-refractivity contribution in [1.29, 1.82) is 0 Å². The van der Waals surface area contributed by atoms with Crippen LogP contribution in [0.5, 0.6) is 0 Å². The largest absolute Gasteiger partial charge is 0.372 e. The summed E-state index contributed by atoms with van der Waals surface area (Å²) in [7, 11) is 2.01. The van der Waals surface area contributed by atoms with Crippen LogP contribution in [0.1, 0.15) is 19.4 Å². The standard InChI is InChI=1S/C16H21N3/c1-4-19(5-2)16-8-6-15(7-9-16)17-12-14-10-11-18(3)13-14/h6-13H,4-5H2,1-3H3. The molecular formula is C16H21N3. The molecule has 19 heavy (non-hydrogen) atoms. The molecule has 1 aromatic carbocycles. The molecule has 0 amide bonds. The summed E-state index contributed by atoms with van der Waals surface area (Å²) in [6, 6.07) is 10.4. The van der Waals surface area contributed by atoms with Gasteiger partial charge in [0.25, 0.3) is 0 Å². The van der Waals surface area contributed by atoms with E-state index < -0.39 is 0 Å². The molecule has 0 radical (unpaired) electrons. The smallest absolute Gasteiger partial charge is 0.0631 e. The lowest BCUT2D eigenvalue weighted by Gasteiger charge is -2.20. The molecule has 0 aliphatic rings. The molecule has 2 aromatic rings. The summed E-state index contributed by atoms with van der Waals surface area (Å²) in [5.41, 5.74) is 3.36. The number of aromatic nitrogens is 1. The lowest BCUT2D eigenvalue weighted by Crippen LogP contribution is -2.21. The second-order valence-corrected chi connectivity index (χ2v) is 4.56. The molecule has 0 saturated heterocycles. The third-order valence-electron chi connectivity index (χ3n) is 3.20. The molecule has 0 aliphatic carbocycles. The average Bonchev–Trinajstić information content (AvgIpc) is 2.85. The van der Waals surface area contributed by atoms with Crippen molar-refractivity contribution in [3.8, 4) is 0 Å². The predicted molar refractivity (Wildman–Crippen MR) is 82.7 cm³/mol. The molecule has 0 aliphatic heterocycles. The van der Waals surface area contributed by atoms with Crippen molar-refractivity contribution in [2.24, 2.45) is 12.0 Å². The number of rotatable bonds is 5. The first kappa shape index (κ1) is 13.4. The lowest BCUT2D eigenvalue weighted by atomic mass is 10.2. The third kappa shape index (κ3) is 3.47. The maximum Gasteiger partial charge on any atom is 0.0631 e. The van der Waals surface area contributed by atoms with E-state index in [4.69, 9.17) is 0 Å². The van der Waals surface area contributed by atoms with E-state index in [-0.39, 0.29) is 0 Å². The van der Waals surface area contributed by atoms with Crippen LogP contribution in [-0.2, 0) is 7.05 Å². The lowest BCUT2D eigenvalue weighted by molar-refractivity contribution is 0.866. The monoisotopic (exact) mass is 255 g/mol. The van der Waals surface area contributed by atoms with E-state index in [1.807, 2.05) is 36.3 Å². The first-order chi connectivity index (χ1) is 9.22. The van der Waals surface area contributed by atoms with Crippen LogP contribution in [0.4, 0.5) is 11.4 Å². The molecular weight excluding hydrogens is 234 g/mol. The summed E-state index contributed by atoms with van der Waals surface area (Å²) in [6.07, 6.45) is 5.96. The summed E-state index contributed by atoms with van der Waals surface area (Å²) in [5, 5.41) is 0. The summed E-state index contributed by atoms with van der Waals surface area (Å²) in [6.45, 7) is 6.40. The fourth-order valence-corrected chi connectivity index (χ4v) is 2.09. The number of hydrogen-bond donors (Lipinski definition) is 0. The molecule has 1 aromatic heterocycles. The summed E-state index contributed by atoms with van der Waals surface area (Å²) in [4.78, 5) is 6.81. The molecule has 0 unspecified atom stereocenters. The highest BCUT2D eigenvalue weighted by Gasteiger charge is 2.00. The van der Waals surface area contributed by atoms with Crippen molar-refractivity contribution >= 4 is 17.6 Å². The molecule has 0 atom stereocenters. The van der Waals surface area contributed by atoms with E-state index in [9.17, 15) is 0 Å². The quantitative estimate of drug-likeness (QED) is 0.747. The zero-order chi connectivity index (χ0) is 13.7. The van der Waals surface area contributed by atoms with Crippen LogP contribution in [0.2, 0.25) is 0 Å². The van der Waals surface area contributed by atoms with Crippen molar-refractivity contribution in [2.45, 2.75) is 13.8 Å². The number of benzene rings is 1. The minimum absolute atomic E-state index is 0.986. The van der Waals surface area contributed by atoms with Gasteiger partial charge in [0.1, 0.15) is 0 Å². The van der Waals surface area contributed by atoms with Crippen LogP contribution in [0.25, 0.3) is 0 Å². The molecule has 0 fully saturated rings. The SMILES string of the molecule is CCN(CC)c1ccc(N=Cc2ccn(C)c2)cc1. The predicted octanol–water partition coefficient (Wildman–Crippen LogP) is 3.62. The molecule has 0 spiro atoms. The van der Waals surface area contributed by atoms with Gasteiger partial charge in [-0.05, 0) is 44.2 Å². The Bertz CT molecular complexity index is 533. The third-order valence-corrected chi connectivity index (χ3v) is 3.20. The first-order valence-corrected chi connectivity index (χ1v) is 6.74. The normalized spacial score (nSPS) is 11.1. The van der Waals surface area contributed by atoms with Crippen LogP contribution in [0, 0.1) is 0 Å². The maximum absolute atomic E-state index is 4.49. The molecule has 0 saturated carbocycles. The van der Waals surface area contributed by atoms with Crippen LogP contribution in [-0.4, -0.2) is 23.9 Å². The molecule has 0 bridgehead atoms. The van der Waals surface area contributed by atoms with Gasteiger partial charge in [-0.1, -0.05) is 0 Å². The van der Waals surface area contributed by atoms with Crippen LogP contribution in [0.15, 0.2) is 47.7 Å². The van der Waals surface area contributed by atoms with Gasteiger partial charge in [-0.3, -0.25) is 4.99 Å². The Morgan fingerprint density at radius 2 is 1.79 bits per heavy atom. The Kier molecular flexibility index (Phi) is 4.39. The Hall–Kier alpha value is -2.03.